The van der Waals surface area contributed by atoms with Crippen LogP contribution < -0.4 is 0 Å². The minimum atomic E-state index is -1.63. The molecule has 1 aliphatic rings. The summed E-state index contributed by atoms with van der Waals surface area (Å²) in [6, 6.07) is 24.6. The molecule has 0 radical (unpaired) electrons. The molecule has 0 saturated carbocycles. The van der Waals surface area contributed by atoms with E-state index in [1.54, 1.807) is 97.9 Å². The lowest BCUT2D eigenvalue weighted by Gasteiger charge is -2.42. The van der Waals surface area contributed by atoms with E-state index in [2.05, 4.69) is 0 Å². The van der Waals surface area contributed by atoms with E-state index in [9.17, 15) is 19.5 Å². The molecule has 5 atom stereocenters. The number of carbonyl (C=O) groups is 3. The Morgan fingerprint density at radius 3 is 1.34 bits per heavy atom. The van der Waals surface area contributed by atoms with E-state index in [0.717, 1.165) is 0 Å². The number of carbonyl (C=O) groups excluding carboxylic acids is 3. The molecule has 0 bridgehead atoms. The summed E-state index contributed by atoms with van der Waals surface area (Å²) < 4.78 is 22.4. The van der Waals surface area contributed by atoms with E-state index in [-0.39, 0.29) is 16.7 Å². The van der Waals surface area contributed by atoms with Crippen LogP contribution in [0.15, 0.2) is 91.0 Å². The molecule has 1 heterocycles. The number of hydrogen-bond donors (Lipinski definition) is 1. The molecule has 0 aliphatic carbocycles. The second-order valence-corrected chi connectivity index (χ2v) is 7.94. The molecule has 180 valence electrons. The fourth-order valence-electron chi connectivity index (χ4n) is 3.71. The molecule has 1 saturated heterocycles. The van der Waals surface area contributed by atoms with Crippen molar-refractivity contribution in [3.63, 3.8) is 0 Å². The summed E-state index contributed by atoms with van der Waals surface area (Å²) in [6.07, 6.45) is -6.48. The lowest BCUT2D eigenvalue weighted by Crippen LogP contribution is -2.60. The summed E-state index contributed by atoms with van der Waals surface area (Å²) in [5.74, 6) is -2.18. The zero-order chi connectivity index (χ0) is 24.8. The molecule has 8 nitrogen and oxygen atoms in total. The highest BCUT2D eigenvalue weighted by atomic mass is 16.7. The van der Waals surface area contributed by atoms with Crippen molar-refractivity contribution < 1.29 is 38.4 Å². The number of benzene rings is 3. The largest absolute Gasteiger partial charge is 0.452 e. The van der Waals surface area contributed by atoms with Crippen molar-refractivity contribution in [1.82, 2.24) is 0 Å². The van der Waals surface area contributed by atoms with Gasteiger partial charge in [0.05, 0.1) is 22.8 Å². The average Bonchev–Trinajstić information content (AvgIpc) is 2.89. The predicted octanol–water partition coefficient (Wildman–Crippen LogP) is 3.40. The minimum Gasteiger partial charge on any atom is -0.452 e. The number of aliphatic hydroxyl groups excluding tert-OH is 1. The van der Waals surface area contributed by atoms with Crippen LogP contribution in [0.3, 0.4) is 0 Å². The van der Waals surface area contributed by atoms with Crippen molar-refractivity contribution in [1.29, 1.82) is 0 Å². The van der Waals surface area contributed by atoms with Crippen LogP contribution in [0.1, 0.15) is 38.0 Å². The zero-order valence-corrected chi connectivity index (χ0v) is 18.9. The van der Waals surface area contributed by atoms with Crippen molar-refractivity contribution in [2.45, 2.75) is 37.6 Å². The van der Waals surface area contributed by atoms with Crippen molar-refractivity contribution in [3.05, 3.63) is 108 Å². The van der Waals surface area contributed by atoms with Gasteiger partial charge in [-0.2, -0.15) is 0 Å². The standard InChI is InChI=1S/C27H24O8/c1-17-21(33-24(28)18-11-5-2-6-12-18)22(34-25(29)19-13-7-3-8-14-19)23(27(31)32-17)35-26(30)20-15-9-4-10-16-20/h2-17,21-23,27,31H,1H3/t17?,21-,22+,23-,27?/m1/s1. The Bertz CT molecular complexity index is 1080. The number of hydrogen-bond acceptors (Lipinski definition) is 8. The highest BCUT2D eigenvalue weighted by Crippen LogP contribution is 2.29. The van der Waals surface area contributed by atoms with Crippen molar-refractivity contribution in [2.24, 2.45) is 0 Å². The van der Waals surface area contributed by atoms with E-state index >= 15 is 0 Å². The van der Waals surface area contributed by atoms with Gasteiger partial charge >= 0.3 is 17.9 Å². The van der Waals surface area contributed by atoms with Gasteiger partial charge in [-0.25, -0.2) is 14.4 Å². The maximum Gasteiger partial charge on any atom is 0.338 e. The number of ether oxygens (including phenoxy) is 4. The van der Waals surface area contributed by atoms with Gasteiger partial charge in [0.15, 0.2) is 24.6 Å². The van der Waals surface area contributed by atoms with Crippen LogP contribution in [-0.2, 0) is 18.9 Å². The molecule has 3 aromatic carbocycles. The molecular weight excluding hydrogens is 452 g/mol. The first-order valence-corrected chi connectivity index (χ1v) is 11.1. The predicted molar refractivity (Wildman–Crippen MR) is 123 cm³/mol. The van der Waals surface area contributed by atoms with Crippen LogP contribution in [0.25, 0.3) is 0 Å². The third-order valence-electron chi connectivity index (χ3n) is 5.50. The Morgan fingerprint density at radius 2 is 0.943 bits per heavy atom. The summed E-state index contributed by atoms with van der Waals surface area (Å²) in [4.78, 5) is 38.5. The zero-order valence-electron chi connectivity index (χ0n) is 18.9. The highest BCUT2D eigenvalue weighted by Gasteiger charge is 2.50. The fourth-order valence-corrected chi connectivity index (χ4v) is 3.71. The highest BCUT2D eigenvalue weighted by molar-refractivity contribution is 5.91. The molecule has 2 unspecified atom stereocenters. The van der Waals surface area contributed by atoms with Crippen molar-refractivity contribution >= 4 is 17.9 Å². The molecule has 35 heavy (non-hydrogen) atoms. The second kappa shape index (κ2) is 10.9. The van der Waals surface area contributed by atoms with Gasteiger partial charge in [0.1, 0.15) is 0 Å². The molecule has 1 N–H and O–H groups in total. The SMILES string of the molecule is CC1OC(O)[C@H](OC(=O)c2ccccc2)[C@@H](OC(=O)c2ccccc2)[C@@H]1OC(=O)c1ccccc1. The summed E-state index contributed by atoms with van der Waals surface area (Å²) in [7, 11) is 0. The smallest absolute Gasteiger partial charge is 0.338 e. The van der Waals surface area contributed by atoms with Gasteiger partial charge in [-0.1, -0.05) is 54.6 Å². The van der Waals surface area contributed by atoms with Crippen LogP contribution in [0.4, 0.5) is 0 Å². The van der Waals surface area contributed by atoms with Crippen molar-refractivity contribution in [3.8, 4) is 0 Å². The first-order valence-electron chi connectivity index (χ1n) is 11.1. The molecular formula is C27H24O8. The van der Waals surface area contributed by atoms with E-state index in [1.807, 2.05) is 0 Å². The lowest BCUT2D eigenvalue weighted by molar-refractivity contribution is -0.275. The monoisotopic (exact) mass is 476 g/mol. The number of rotatable bonds is 6. The first-order chi connectivity index (χ1) is 16.9. The second-order valence-electron chi connectivity index (χ2n) is 7.94. The molecule has 4 rings (SSSR count). The topological polar surface area (TPSA) is 108 Å². The van der Waals surface area contributed by atoms with E-state index in [4.69, 9.17) is 18.9 Å². The van der Waals surface area contributed by atoms with Gasteiger partial charge in [-0.3, -0.25) is 0 Å². The van der Waals surface area contributed by atoms with E-state index < -0.39 is 48.6 Å². The Balaban J connectivity index is 1.63. The summed E-state index contributed by atoms with van der Waals surface area (Å²) in [5.41, 5.74) is 0.739. The van der Waals surface area contributed by atoms with Gasteiger partial charge in [-0.05, 0) is 43.3 Å². The van der Waals surface area contributed by atoms with Crippen molar-refractivity contribution in [2.75, 3.05) is 0 Å². The maximum absolute atomic E-state index is 12.9. The van der Waals surface area contributed by atoms with Gasteiger partial charge < -0.3 is 24.1 Å². The molecule has 1 fully saturated rings. The molecule has 1 aliphatic heterocycles. The number of aliphatic hydroxyl groups is 1. The Kier molecular flexibility index (Phi) is 7.54. The maximum atomic E-state index is 12.9. The minimum absolute atomic E-state index is 0.226. The normalized spacial score (nSPS) is 23.7. The summed E-state index contributed by atoms with van der Waals surface area (Å²) >= 11 is 0. The number of esters is 3. The first kappa shape index (κ1) is 24.1. The van der Waals surface area contributed by atoms with Crippen LogP contribution >= 0.6 is 0 Å². The average molecular weight is 476 g/mol. The Hall–Kier alpha value is -4.01. The lowest BCUT2D eigenvalue weighted by atomic mass is 9.98. The molecule has 0 amide bonds. The third kappa shape index (κ3) is 5.74. The van der Waals surface area contributed by atoms with Gasteiger partial charge in [0.2, 0.25) is 0 Å². The Morgan fingerprint density at radius 1 is 0.600 bits per heavy atom. The summed E-state index contributed by atoms with van der Waals surface area (Å²) in [6.45, 7) is 1.56. The molecule has 0 spiro atoms. The van der Waals surface area contributed by atoms with Crippen LogP contribution in [-0.4, -0.2) is 53.7 Å². The van der Waals surface area contributed by atoms with Gasteiger partial charge in [0.25, 0.3) is 0 Å². The Labute approximate surface area is 202 Å². The molecule has 8 heteroatoms. The van der Waals surface area contributed by atoms with Gasteiger partial charge in [0, 0.05) is 0 Å². The molecule has 3 aromatic rings. The molecule has 0 aromatic heterocycles. The van der Waals surface area contributed by atoms with Crippen LogP contribution in [0, 0.1) is 0 Å². The quantitative estimate of drug-likeness (QED) is 0.426. The summed E-state index contributed by atoms with van der Waals surface area (Å²) in [5, 5.41) is 10.6. The van der Waals surface area contributed by atoms with Crippen LogP contribution in [0.2, 0.25) is 0 Å². The van der Waals surface area contributed by atoms with E-state index in [0.29, 0.717) is 0 Å². The van der Waals surface area contributed by atoms with Gasteiger partial charge in [-0.15, -0.1) is 0 Å². The van der Waals surface area contributed by atoms with Crippen LogP contribution in [0.5, 0.6) is 0 Å². The fraction of sp³-hybridized carbons (Fsp3) is 0.222. The third-order valence-corrected chi connectivity index (χ3v) is 5.50. The van der Waals surface area contributed by atoms with E-state index in [1.165, 1.54) is 0 Å².